The fourth-order valence-corrected chi connectivity index (χ4v) is 2.36. The SMILES string of the molecule is COc1cc(F)ccc1-c1ncnc2c1CNCC2. The molecule has 1 N–H and O–H groups in total. The van der Waals surface area contributed by atoms with Crippen LogP contribution in [0.25, 0.3) is 11.3 Å². The molecule has 0 aliphatic carbocycles. The summed E-state index contributed by atoms with van der Waals surface area (Å²) >= 11 is 0. The van der Waals surface area contributed by atoms with Crippen molar-refractivity contribution in [2.75, 3.05) is 13.7 Å². The summed E-state index contributed by atoms with van der Waals surface area (Å²) in [6.07, 6.45) is 2.44. The van der Waals surface area contributed by atoms with Gasteiger partial charge >= 0.3 is 0 Å². The van der Waals surface area contributed by atoms with Crippen LogP contribution in [0.1, 0.15) is 11.3 Å². The monoisotopic (exact) mass is 259 g/mol. The molecule has 0 fully saturated rings. The van der Waals surface area contributed by atoms with E-state index in [1.165, 1.54) is 19.2 Å². The Bertz CT molecular complexity index is 616. The molecule has 0 atom stereocenters. The number of hydrogen-bond donors (Lipinski definition) is 1. The lowest BCUT2D eigenvalue weighted by Gasteiger charge is -2.19. The highest BCUT2D eigenvalue weighted by atomic mass is 19.1. The zero-order valence-corrected chi connectivity index (χ0v) is 10.6. The standard InChI is InChI=1S/C14H14FN3O/c1-19-13-6-9(15)2-3-10(13)14-11-7-16-5-4-12(11)17-8-18-14/h2-3,6,8,16H,4-5,7H2,1H3. The molecule has 0 unspecified atom stereocenters. The first kappa shape index (κ1) is 12.0. The summed E-state index contributed by atoms with van der Waals surface area (Å²) in [5, 5.41) is 3.31. The molecule has 1 aliphatic heterocycles. The predicted molar refractivity (Wildman–Crippen MR) is 69.4 cm³/mol. The molecule has 2 aromatic rings. The average Bonchev–Trinajstić information content (AvgIpc) is 2.46. The van der Waals surface area contributed by atoms with Gasteiger partial charge in [-0.3, -0.25) is 0 Å². The lowest BCUT2D eigenvalue weighted by Crippen LogP contribution is -2.25. The van der Waals surface area contributed by atoms with Gasteiger partial charge in [-0.2, -0.15) is 0 Å². The molecular weight excluding hydrogens is 245 g/mol. The maximum Gasteiger partial charge on any atom is 0.131 e. The quantitative estimate of drug-likeness (QED) is 0.895. The van der Waals surface area contributed by atoms with Crippen molar-refractivity contribution in [2.24, 2.45) is 0 Å². The molecule has 1 aromatic carbocycles. The Kier molecular flexibility index (Phi) is 3.13. The molecule has 4 nitrogen and oxygen atoms in total. The van der Waals surface area contributed by atoms with Crippen molar-refractivity contribution in [1.29, 1.82) is 0 Å². The summed E-state index contributed by atoms with van der Waals surface area (Å²) in [5.74, 6) is 0.174. The molecule has 0 saturated heterocycles. The molecule has 1 aliphatic rings. The van der Waals surface area contributed by atoms with Crippen molar-refractivity contribution >= 4 is 0 Å². The van der Waals surface area contributed by atoms with E-state index < -0.39 is 0 Å². The molecule has 0 amide bonds. The van der Waals surface area contributed by atoms with E-state index in [4.69, 9.17) is 4.74 Å². The highest BCUT2D eigenvalue weighted by molar-refractivity contribution is 5.70. The second-order valence-corrected chi connectivity index (χ2v) is 4.42. The van der Waals surface area contributed by atoms with Gasteiger partial charge < -0.3 is 10.1 Å². The van der Waals surface area contributed by atoms with E-state index in [1.807, 2.05) is 0 Å². The summed E-state index contributed by atoms with van der Waals surface area (Å²) in [4.78, 5) is 8.66. The third-order valence-corrected chi connectivity index (χ3v) is 3.29. The van der Waals surface area contributed by atoms with E-state index in [9.17, 15) is 4.39 Å². The molecule has 98 valence electrons. The lowest BCUT2D eigenvalue weighted by atomic mass is 10.00. The van der Waals surface area contributed by atoms with Crippen molar-refractivity contribution in [3.05, 3.63) is 41.6 Å². The van der Waals surface area contributed by atoms with Crippen LogP contribution in [0.4, 0.5) is 4.39 Å². The van der Waals surface area contributed by atoms with Crippen LogP contribution in [0, 0.1) is 5.82 Å². The van der Waals surface area contributed by atoms with E-state index in [-0.39, 0.29) is 5.82 Å². The number of fused-ring (bicyclic) bond motifs is 1. The third kappa shape index (κ3) is 2.17. The Labute approximate surface area is 110 Å². The van der Waals surface area contributed by atoms with Crippen molar-refractivity contribution in [2.45, 2.75) is 13.0 Å². The average molecular weight is 259 g/mol. The first-order valence-electron chi connectivity index (χ1n) is 6.17. The molecule has 3 rings (SSSR count). The van der Waals surface area contributed by atoms with Gasteiger partial charge in [0.05, 0.1) is 18.5 Å². The van der Waals surface area contributed by atoms with Crippen molar-refractivity contribution < 1.29 is 9.13 Å². The summed E-state index contributed by atoms with van der Waals surface area (Å²) in [7, 11) is 1.53. The van der Waals surface area contributed by atoms with Crippen LogP contribution < -0.4 is 10.1 Å². The first-order valence-corrected chi connectivity index (χ1v) is 6.17. The van der Waals surface area contributed by atoms with Gasteiger partial charge in [-0.1, -0.05) is 0 Å². The van der Waals surface area contributed by atoms with E-state index in [2.05, 4.69) is 15.3 Å². The van der Waals surface area contributed by atoms with Crippen molar-refractivity contribution in [3.63, 3.8) is 0 Å². The van der Waals surface area contributed by atoms with E-state index >= 15 is 0 Å². The predicted octanol–water partition coefficient (Wildman–Crippen LogP) is 1.94. The lowest BCUT2D eigenvalue weighted by molar-refractivity contribution is 0.412. The van der Waals surface area contributed by atoms with Gasteiger partial charge in [0.15, 0.2) is 0 Å². The Morgan fingerprint density at radius 1 is 1.32 bits per heavy atom. The second-order valence-electron chi connectivity index (χ2n) is 4.42. The Hall–Kier alpha value is -2.01. The minimum atomic E-state index is -0.318. The van der Waals surface area contributed by atoms with Crippen molar-refractivity contribution in [1.82, 2.24) is 15.3 Å². The van der Waals surface area contributed by atoms with Gasteiger partial charge in [0.1, 0.15) is 17.9 Å². The number of rotatable bonds is 2. The molecule has 0 radical (unpaired) electrons. The summed E-state index contributed by atoms with van der Waals surface area (Å²) in [6, 6.07) is 4.49. The molecule has 0 bridgehead atoms. The second kappa shape index (κ2) is 4.93. The van der Waals surface area contributed by atoms with Crippen molar-refractivity contribution in [3.8, 4) is 17.0 Å². The molecule has 19 heavy (non-hydrogen) atoms. The summed E-state index contributed by atoms with van der Waals surface area (Å²) < 4.78 is 18.5. The number of benzene rings is 1. The Morgan fingerprint density at radius 2 is 2.21 bits per heavy atom. The van der Waals surface area contributed by atoms with Crippen LogP contribution in [0.3, 0.4) is 0 Å². The van der Waals surface area contributed by atoms with Gasteiger partial charge in [-0.05, 0) is 12.1 Å². The van der Waals surface area contributed by atoms with Crippen LogP contribution in [0.5, 0.6) is 5.75 Å². The fourth-order valence-electron chi connectivity index (χ4n) is 2.36. The molecule has 1 aromatic heterocycles. The van der Waals surface area contributed by atoms with Gasteiger partial charge in [0.2, 0.25) is 0 Å². The van der Waals surface area contributed by atoms with Gasteiger partial charge in [0, 0.05) is 36.7 Å². The number of aromatic nitrogens is 2. The molecule has 2 heterocycles. The van der Waals surface area contributed by atoms with Crippen LogP contribution in [-0.4, -0.2) is 23.6 Å². The number of nitrogens with one attached hydrogen (secondary N) is 1. The van der Waals surface area contributed by atoms with Crippen LogP contribution in [0.15, 0.2) is 24.5 Å². The molecular formula is C14H14FN3O. The topological polar surface area (TPSA) is 47.0 Å². The smallest absolute Gasteiger partial charge is 0.131 e. The van der Waals surface area contributed by atoms with Crippen LogP contribution in [-0.2, 0) is 13.0 Å². The molecule has 0 saturated carbocycles. The maximum atomic E-state index is 13.3. The number of methoxy groups -OCH3 is 1. The third-order valence-electron chi connectivity index (χ3n) is 3.29. The summed E-state index contributed by atoms with van der Waals surface area (Å²) in [6.45, 7) is 1.65. The maximum absolute atomic E-state index is 13.3. The zero-order chi connectivity index (χ0) is 13.2. The number of hydrogen-bond acceptors (Lipinski definition) is 4. The zero-order valence-electron chi connectivity index (χ0n) is 10.6. The van der Waals surface area contributed by atoms with E-state index in [0.717, 1.165) is 42.0 Å². The Balaban J connectivity index is 2.17. The van der Waals surface area contributed by atoms with Crippen LogP contribution >= 0.6 is 0 Å². The molecule has 5 heteroatoms. The highest BCUT2D eigenvalue weighted by Crippen LogP contribution is 2.32. The minimum Gasteiger partial charge on any atom is -0.496 e. The van der Waals surface area contributed by atoms with Gasteiger partial charge in [0.25, 0.3) is 0 Å². The van der Waals surface area contributed by atoms with Gasteiger partial charge in [-0.25, -0.2) is 14.4 Å². The van der Waals surface area contributed by atoms with Gasteiger partial charge in [-0.15, -0.1) is 0 Å². The number of nitrogens with zero attached hydrogens (tertiary/aromatic N) is 2. The molecule has 0 spiro atoms. The number of ether oxygens (including phenoxy) is 1. The fraction of sp³-hybridized carbons (Fsp3) is 0.286. The largest absolute Gasteiger partial charge is 0.496 e. The van der Waals surface area contributed by atoms with E-state index in [1.54, 1.807) is 12.4 Å². The normalized spacial score (nSPS) is 14.0. The minimum absolute atomic E-state index is 0.318. The van der Waals surface area contributed by atoms with E-state index in [0.29, 0.717) is 5.75 Å². The van der Waals surface area contributed by atoms with Crippen LogP contribution in [0.2, 0.25) is 0 Å². The number of halogens is 1. The highest BCUT2D eigenvalue weighted by Gasteiger charge is 2.18. The first-order chi connectivity index (χ1) is 9.29. The summed E-state index contributed by atoms with van der Waals surface area (Å²) in [5.41, 5.74) is 3.73. The Morgan fingerprint density at radius 3 is 3.05 bits per heavy atom.